The lowest BCUT2D eigenvalue weighted by molar-refractivity contribution is 0.129. The minimum atomic E-state index is -3.10. The van der Waals surface area contributed by atoms with Gasteiger partial charge in [0, 0.05) is 20.1 Å². The van der Waals surface area contributed by atoms with E-state index in [1.165, 1.54) is 17.1 Å². The Kier molecular flexibility index (Phi) is 6.16. The summed E-state index contributed by atoms with van der Waals surface area (Å²) in [5, 5.41) is 4.46. The molecule has 0 N–H and O–H groups in total. The van der Waals surface area contributed by atoms with Gasteiger partial charge in [-0.3, -0.25) is 4.90 Å². The van der Waals surface area contributed by atoms with Crippen LogP contribution in [0.1, 0.15) is 37.3 Å². The average Bonchev–Trinajstić information content (AvgIpc) is 2.78. The second-order valence-electron chi connectivity index (χ2n) is 6.53. The van der Waals surface area contributed by atoms with Crippen molar-refractivity contribution >= 4 is 10.0 Å². The van der Waals surface area contributed by atoms with Gasteiger partial charge in [-0.1, -0.05) is 6.42 Å². The second-order valence-corrected chi connectivity index (χ2v) is 8.83. The first-order valence-corrected chi connectivity index (χ1v) is 9.93. The molecule has 2 heterocycles. The molecular formula is C15H29N5O2S. The van der Waals surface area contributed by atoms with Crippen molar-refractivity contribution in [3.63, 3.8) is 0 Å². The number of aromatic nitrogens is 3. The van der Waals surface area contributed by atoms with Gasteiger partial charge in [-0.05, 0) is 46.2 Å². The van der Waals surface area contributed by atoms with Crippen LogP contribution in [0.3, 0.4) is 0 Å². The predicted molar refractivity (Wildman–Crippen MR) is 90.8 cm³/mol. The highest BCUT2D eigenvalue weighted by molar-refractivity contribution is 7.89. The normalized spacial score (nSPS) is 20.3. The smallest absolute Gasteiger partial charge is 0.213 e. The number of aryl methyl sites for hydroxylation is 2. The van der Waals surface area contributed by atoms with Gasteiger partial charge in [0.05, 0.1) is 12.3 Å². The van der Waals surface area contributed by atoms with Crippen LogP contribution >= 0.6 is 0 Å². The van der Waals surface area contributed by atoms with Gasteiger partial charge in [0.25, 0.3) is 0 Å². The molecule has 1 aliphatic rings. The molecule has 1 saturated heterocycles. The van der Waals surface area contributed by atoms with E-state index in [0.717, 1.165) is 37.7 Å². The number of hydrogen-bond donors (Lipinski definition) is 0. The second kappa shape index (κ2) is 7.72. The Labute approximate surface area is 139 Å². The van der Waals surface area contributed by atoms with Crippen LogP contribution in [0.4, 0.5) is 0 Å². The first-order valence-electron chi connectivity index (χ1n) is 8.32. The largest absolute Gasteiger partial charge is 0.299 e. The number of piperidine rings is 1. The fourth-order valence-electron chi connectivity index (χ4n) is 3.13. The summed E-state index contributed by atoms with van der Waals surface area (Å²) in [6, 6.07) is 0.422. The highest BCUT2D eigenvalue weighted by atomic mass is 32.2. The minimum Gasteiger partial charge on any atom is -0.299 e. The molecule has 7 nitrogen and oxygen atoms in total. The third kappa shape index (κ3) is 4.99. The topological polar surface area (TPSA) is 71.3 Å². The van der Waals surface area contributed by atoms with Crippen LogP contribution in [0, 0.1) is 13.8 Å². The standard InChI is InChI=1S/C15H29N5O2S/c1-13-16-14(2)20(17-13)12-15-8-5-6-9-19(15)10-7-11-23(21,22)18(3)4/h15H,5-12H2,1-4H3. The van der Waals surface area contributed by atoms with Gasteiger partial charge < -0.3 is 0 Å². The lowest BCUT2D eigenvalue weighted by Gasteiger charge is -2.35. The van der Waals surface area contributed by atoms with Crippen LogP contribution in [0.15, 0.2) is 0 Å². The van der Waals surface area contributed by atoms with Crippen LogP contribution < -0.4 is 0 Å². The molecule has 8 heteroatoms. The zero-order valence-corrected chi connectivity index (χ0v) is 15.5. The van der Waals surface area contributed by atoms with E-state index in [1.54, 1.807) is 14.1 Å². The maximum atomic E-state index is 11.9. The number of sulfonamides is 1. The molecule has 0 spiro atoms. The zero-order chi connectivity index (χ0) is 17.0. The van der Waals surface area contributed by atoms with E-state index >= 15 is 0 Å². The lowest BCUT2D eigenvalue weighted by Crippen LogP contribution is -2.43. The molecule has 1 unspecified atom stereocenters. The number of likely N-dealkylation sites (tertiary alicyclic amines) is 1. The fraction of sp³-hybridized carbons (Fsp3) is 0.867. The molecule has 0 radical (unpaired) electrons. The summed E-state index contributed by atoms with van der Waals surface area (Å²) >= 11 is 0. The number of hydrogen-bond acceptors (Lipinski definition) is 5. The Morgan fingerprint density at radius 2 is 2.00 bits per heavy atom. The van der Waals surface area contributed by atoms with Crippen molar-refractivity contribution in [2.75, 3.05) is 32.9 Å². The van der Waals surface area contributed by atoms with Crippen LogP contribution in [0.2, 0.25) is 0 Å². The maximum absolute atomic E-state index is 11.9. The summed E-state index contributed by atoms with van der Waals surface area (Å²) < 4.78 is 27.0. The van der Waals surface area contributed by atoms with E-state index in [-0.39, 0.29) is 5.75 Å². The SMILES string of the molecule is Cc1nc(C)n(CC2CCCCN2CCCS(=O)(=O)N(C)C)n1. The van der Waals surface area contributed by atoms with Crippen molar-refractivity contribution in [3.05, 3.63) is 11.6 Å². The minimum absolute atomic E-state index is 0.213. The van der Waals surface area contributed by atoms with Crippen molar-refractivity contribution in [3.8, 4) is 0 Å². The van der Waals surface area contributed by atoms with Gasteiger partial charge >= 0.3 is 0 Å². The van der Waals surface area contributed by atoms with E-state index in [0.29, 0.717) is 12.5 Å². The summed E-state index contributed by atoms with van der Waals surface area (Å²) in [6.45, 7) is 6.60. The molecule has 1 aromatic heterocycles. The molecule has 0 aromatic carbocycles. The van der Waals surface area contributed by atoms with E-state index in [9.17, 15) is 8.42 Å². The Morgan fingerprint density at radius 3 is 2.61 bits per heavy atom. The summed E-state index contributed by atoms with van der Waals surface area (Å²) in [5.74, 6) is 1.97. The Balaban J connectivity index is 1.92. The molecule has 23 heavy (non-hydrogen) atoms. The summed E-state index contributed by atoms with van der Waals surface area (Å²) in [7, 11) is 0.0846. The highest BCUT2D eigenvalue weighted by Crippen LogP contribution is 2.19. The summed E-state index contributed by atoms with van der Waals surface area (Å²) in [5.41, 5.74) is 0. The van der Waals surface area contributed by atoms with Crippen molar-refractivity contribution < 1.29 is 8.42 Å². The van der Waals surface area contributed by atoms with Gasteiger partial charge in [-0.2, -0.15) is 5.10 Å². The van der Waals surface area contributed by atoms with Crippen molar-refractivity contribution in [2.24, 2.45) is 0 Å². The van der Waals surface area contributed by atoms with Gasteiger partial charge in [-0.25, -0.2) is 22.4 Å². The lowest BCUT2D eigenvalue weighted by atomic mass is 10.0. The number of nitrogens with zero attached hydrogens (tertiary/aromatic N) is 5. The van der Waals surface area contributed by atoms with Gasteiger partial charge in [0.1, 0.15) is 11.6 Å². The molecule has 0 aliphatic carbocycles. The Bertz CT molecular complexity index is 611. The molecule has 1 aliphatic heterocycles. The fourth-order valence-corrected chi connectivity index (χ4v) is 3.99. The third-order valence-corrected chi connectivity index (χ3v) is 6.42. The van der Waals surface area contributed by atoms with Crippen LogP contribution in [0.25, 0.3) is 0 Å². The highest BCUT2D eigenvalue weighted by Gasteiger charge is 2.24. The first-order chi connectivity index (χ1) is 10.8. The molecule has 1 atom stereocenters. The Morgan fingerprint density at radius 1 is 1.26 bits per heavy atom. The first kappa shape index (κ1) is 18.4. The zero-order valence-electron chi connectivity index (χ0n) is 14.7. The average molecular weight is 343 g/mol. The molecule has 1 fully saturated rings. The van der Waals surface area contributed by atoms with E-state index in [1.807, 2.05) is 18.5 Å². The van der Waals surface area contributed by atoms with Crippen LogP contribution in [0.5, 0.6) is 0 Å². The van der Waals surface area contributed by atoms with Gasteiger partial charge in [-0.15, -0.1) is 0 Å². The Hall–Kier alpha value is -0.990. The van der Waals surface area contributed by atoms with Crippen molar-refractivity contribution in [1.82, 2.24) is 24.0 Å². The van der Waals surface area contributed by atoms with Crippen molar-refractivity contribution in [2.45, 2.75) is 52.1 Å². The molecule has 0 amide bonds. The van der Waals surface area contributed by atoms with E-state index in [4.69, 9.17) is 0 Å². The molecule has 1 aromatic rings. The van der Waals surface area contributed by atoms with Crippen molar-refractivity contribution in [1.29, 1.82) is 0 Å². The predicted octanol–water partition coefficient (Wildman–Crippen LogP) is 1.03. The molecular weight excluding hydrogens is 314 g/mol. The molecule has 2 rings (SSSR count). The van der Waals surface area contributed by atoms with Gasteiger partial charge in [0.15, 0.2) is 0 Å². The van der Waals surface area contributed by atoms with E-state index < -0.39 is 10.0 Å². The maximum Gasteiger partial charge on any atom is 0.213 e. The molecule has 132 valence electrons. The number of rotatable bonds is 7. The van der Waals surface area contributed by atoms with Gasteiger partial charge in [0.2, 0.25) is 10.0 Å². The quantitative estimate of drug-likeness (QED) is 0.739. The summed E-state index contributed by atoms with van der Waals surface area (Å²) in [4.78, 5) is 6.79. The van der Waals surface area contributed by atoms with Crippen LogP contribution in [-0.4, -0.2) is 71.4 Å². The van der Waals surface area contributed by atoms with E-state index in [2.05, 4.69) is 15.0 Å². The third-order valence-electron chi connectivity index (χ3n) is 4.50. The molecule has 0 saturated carbocycles. The monoisotopic (exact) mass is 343 g/mol. The van der Waals surface area contributed by atoms with Crippen LogP contribution in [-0.2, 0) is 16.6 Å². The summed E-state index contributed by atoms with van der Waals surface area (Å²) in [6.07, 6.45) is 4.22. The molecule has 0 bridgehead atoms.